The third-order valence-corrected chi connectivity index (χ3v) is 5.10. The molecule has 0 radical (unpaired) electrons. The van der Waals surface area contributed by atoms with Crippen molar-refractivity contribution in [2.24, 2.45) is 0 Å². The van der Waals surface area contributed by atoms with Crippen molar-refractivity contribution in [1.82, 2.24) is 4.90 Å². The molecule has 1 heterocycles. The van der Waals surface area contributed by atoms with Gasteiger partial charge >= 0.3 is 0 Å². The van der Waals surface area contributed by atoms with E-state index in [1.807, 2.05) is 31.2 Å². The van der Waals surface area contributed by atoms with Gasteiger partial charge in [0.1, 0.15) is 0 Å². The SMILES string of the molecule is Cc1ccccc1CN1C(=O)S/C(=C\c2ccc(C)c([N+](=O)[O-])c2)C1=O. The second kappa shape index (κ2) is 7.13. The largest absolute Gasteiger partial charge is 0.293 e. The molecule has 0 atom stereocenters. The van der Waals surface area contributed by atoms with Gasteiger partial charge in [0.2, 0.25) is 0 Å². The number of nitrogens with zero attached hydrogens (tertiary/aromatic N) is 2. The van der Waals surface area contributed by atoms with Crippen LogP contribution in [0.4, 0.5) is 10.5 Å². The lowest BCUT2D eigenvalue weighted by molar-refractivity contribution is -0.385. The number of benzene rings is 2. The fourth-order valence-electron chi connectivity index (χ4n) is 2.66. The predicted molar refractivity (Wildman–Crippen MR) is 101 cm³/mol. The highest BCUT2D eigenvalue weighted by atomic mass is 32.2. The molecule has 26 heavy (non-hydrogen) atoms. The number of imide groups is 1. The molecule has 2 aromatic rings. The lowest BCUT2D eigenvalue weighted by Gasteiger charge is -2.14. The van der Waals surface area contributed by atoms with Crippen LogP contribution in [0.3, 0.4) is 0 Å². The van der Waals surface area contributed by atoms with Gasteiger partial charge in [-0.15, -0.1) is 0 Å². The van der Waals surface area contributed by atoms with Crippen molar-refractivity contribution in [3.05, 3.63) is 79.7 Å². The van der Waals surface area contributed by atoms with Crippen molar-refractivity contribution < 1.29 is 14.5 Å². The number of amides is 2. The minimum atomic E-state index is -0.462. The molecule has 0 aromatic heterocycles. The van der Waals surface area contributed by atoms with Crippen LogP contribution in [0.15, 0.2) is 47.4 Å². The Balaban J connectivity index is 1.87. The Labute approximate surface area is 154 Å². The summed E-state index contributed by atoms with van der Waals surface area (Å²) in [6.45, 7) is 3.79. The number of nitro groups is 1. The van der Waals surface area contributed by atoms with Gasteiger partial charge in [0.05, 0.1) is 16.4 Å². The fraction of sp³-hybridized carbons (Fsp3) is 0.158. The molecule has 0 spiro atoms. The minimum Gasteiger partial charge on any atom is -0.268 e. The molecular weight excluding hydrogens is 352 g/mol. The quantitative estimate of drug-likeness (QED) is 0.452. The molecule has 0 aliphatic carbocycles. The topological polar surface area (TPSA) is 80.5 Å². The summed E-state index contributed by atoms with van der Waals surface area (Å²) in [5.74, 6) is -0.383. The maximum Gasteiger partial charge on any atom is 0.293 e. The standard InChI is InChI=1S/C19H16N2O4S/c1-12-5-3-4-6-15(12)11-20-18(22)17(26-19(20)23)10-14-8-7-13(2)16(9-14)21(24)25/h3-10H,11H2,1-2H3/b17-10-. The number of aryl methyl sites for hydroxylation is 2. The number of hydrogen-bond donors (Lipinski definition) is 0. The van der Waals surface area contributed by atoms with E-state index in [-0.39, 0.29) is 28.3 Å². The molecule has 0 unspecified atom stereocenters. The summed E-state index contributed by atoms with van der Waals surface area (Å²) >= 11 is 0.849. The average Bonchev–Trinajstić information content (AvgIpc) is 2.85. The molecule has 1 fully saturated rings. The first-order valence-corrected chi connectivity index (χ1v) is 8.73. The summed E-state index contributed by atoms with van der Waals surface area (Å²) in [7, 11) is 0. The van der Waals surface area contributed by atoms with Crippen molar-refractivity contribution in [3.8, 4) is 0 Å². The molecule has 1 aliphatic heterocycles. The van der Waals surface area contributed by atoms with Crippen LogP contribution in [0.1, 0.15) is 22.3 Å². The van der Waals surface area contributed by atoms with E-state index in [0.29, 0.717) is 11.1 Å². The zero-order valence-electron chi connectivity index (χ0n) is 14.3. The highest BCUT2D eigenvalue weighted by Gasteiger charge is 2.35. The van der Waals surface area contributed by atoms with E-state index in [9.17, 15) is 19.7 Å². The number of rotatable bonds is 4. The van der Waals surface area contributed by atoms with Gasteiger partial charge in [-0.05, 0) is 48.4 Å². The predicted octanol–water partition coefficient (Wildman–Crippen LogP) is 4.45. The lowest BCUT2D eigenvalue weighted by atomic mass is 10.1. The van der Waals surface area contributed by atoms with E-state index in [1.165, 1.54) is 17.0 Å². The molecule has 2 aromatic carbocycles. The lowest BCUT2D eigenvalue weighted by Crippen LogP contribution is -2.27. The van der Waals surface area contributed by atoms with Crippen LogP contribution in [-0.2, 0) is 11.3 Å². The van der Waals surface area contributed by atoms with Crippen LogP contribution < -0.4 is 0 Å². The van der Waals surface area contributed by atoms with E-state index in [2.05, 4.69) is 0 Å². The zero-order valence-corrected chi connectivity index (χ0v) is 15.1. The van der Waals surface area contributed by atoms with Crippen LogP contribution in [0.25, 0.3) is 6.08 Å². The maximum absolute atomic E-state index is 12.6. The summed E-state index contributed by atoms with van der Waals surface area (Å²) in [6.07, 6.45) is 1.52. The van der Waals surface area contributed by atoms with E-state index in [0.717, 1.165) is 22.9 Å². The summed E-state index contributed by atoms with van der Waals surface area (Å²) in [6, 6.07) is 12.3. The smallest absolute Gasteiger partial charge is 0.268 e. The van der Waals surface area contributed by atoms with Crippen molar-refractivity contribution in [1.29, 1.82) is 0 Å². The molecular formula is C19H16N2O4S. The number of hydrogen-bond acceptors (Lipinski definition) is 5. The van der Waals surface area contributed by atoms with Gasteiger partial charge in [-0.1, -0.05) is 36.4 Å². The maximum atomic E-state index is 12.6. The van der Waals surface area contributed by atoms with Gasteiger partial charge < -0.3 is 0 Å². The van der Waals surface area contributed by atoms with Gasteiger partial charge in [-0.3, -0.25) is 24.6 Å². The third-order valence-electron chi connectivity index (χ3n) is 4.19. The molecule has 7 heteroatoms. The highest BCUT2D eigenvalue weighted by Crippen LogP contribution is 2.34. The highest BCUT2D eigenvalue weighted by molar-refractivity contribution is 8.18. The molecule has 3 rings (SSSR count). The van der Waals surface area contributed by atoms with Gasteiger partial charge in [0, 0.05) is 11.6 Å². The van der Waals surface area contributed by atoms with Crippen LogP contribution >= 0.6 is 11.8 Å². The number of nitro benzene ring substituents is 1. The van der Waals surface area contributed by atoms with E-state index >= 15 is 0 Å². The first-order valence-electron chi connectivity index (χ1n) is 7.91. The van der Waals surface area contributed by atoms with Gasteiger partial charge in [0.25, 0.3) is 16.8 Å². The number of carbonyl (C=O) groups excluding carboxylic acids is 2. The minimum absolute atomic E-state index is 0.0158. The second-order valence-corrected chi connectivity index (χ2v) is 6.99. The molecule has 1 saturated heterocycles. The Morgan fingerprint density at radius 1 is 1.12 bits per heavy atom. The Bertz CT molecular complexity index is 952. The number of carbonyl (C=O) groups is 2. The van der Waals surface area contributed by atoms with Crippen molar-refractivity contribution in [2.45, 2.75) is 20.4 Å². The van der Waals surface area contributed by atoms with Gasteiger partial charge in [-0.2, -0.15) is 0 Å². The second-order valence-electron chi connectivity index (χ2n) is 6.00. The Morgan fingerprint density at radius 2 is 1.85 bits per heavy atom. The Kier molecular flexibility index (Phi) is 4.90. The molecule has 2 amide bonds. The van der Waals surface area contributed by atoms with Crippen LogP contribution in [0.5, 0.6) is 0 Å². The van der Waals surface area contributed by atoms with Crippen molar-refractivity contribution in [2.75, 3.05) is 0 Å². The van der Waals surface area contributed by atoms with Crippen LogP contribution in [-0.4, -0.2) is 21.0 Å². The Hall–Kier alpha value is -2.93. The summed E-state index contributed by atoms with van der Waals surface area (Å²) < 4.78 is 0. The first-order chi connectivity index (χ1) is 12.4. The van der Waals surface area contributed by atoms with Gasteiger partial charge in [0.15, 0.2) is 0 Å². The molecule has 1 aliphatic rings. The normalized spacial score (nSPS) is 15.8. The molecule has 6 nitrogen and oxygen atoms in total. The zero-order chi connectivity index (χ0) is 18.8. The average molecular weight is 368 g/mol. The molecule has 132 valence electrons. The molecule has 0 N–H and O–H groups in total. The molecule has 0 saturated carbocycles. The third kappa shape index (κ3) is 3.52. The summed E-state index contributed by atoms with van der Waals surface area (Å²) in [4.78, 5) is 36.9. The monoisotopic (exact) mass is 368 g/mol. The van der Waals surface area contributed by atoms with E-state index in [1.54, 1.807) is 19.1 Å². The van der Waals surface area contributed by atoms with Crippen LogP contribution in [0.2, 0.25) is 0 Å². The summed E-state index contributed by atoms with van der Waals surface area (Å²) in [5, 5.41) is 10.7. The summed E-state index contributed by atoms with van der Waals surface area (Å²) in [5.41, 5.74) is 2.95. The fourth-order valence-corrected chi connectivity index (χ4v) is 3.50. The van der Waals surface area contributed by atoms with E-state index in [4.69, 9.17) is 0 Å². The van der Waals surface area contributed by atoms with Gasteiger partial charge in [-0.25, -0.2) is 0 Å². The van der Waals surface area contributed by atoms with Crippen LogP contribution in [0, 0.1) is 24.0 Å². The first kappa shape index (κ1) is 17.9. The van der Waals surface area contributed by atoms with Crippen molar-refractivity contribution >= 4 is 34.7 Å². The van der Waals surface area contributed by atoms with Crippen molar-refractivity contribution in [3.63, 3.8) is 0 Å². The number of thioether (sulfide) groups is 1. The molecule has 0 bridgehead atoms. The van der Waals surface area contributed by atoms with E-state index < -0.39 is 4.92 Å². The Morgan fingerprint density at radius 3 is 2.54 bits per heavy atom.